The lowest BCUT2D eigenvalue weighted by Gasteiger charge is -2.35. The third-order valence-corrected chi connectivity index (χ3v) is 4.54. The number of hydrazone groups is 1. The lowest BCUT2D eigenvalue weighted by atomic mass is 10.2. The number of nitro benzene ring substituents is 1. The van der Waals surface area contributed by atoms with Gasteiger partial charge >= 0.3 is 0 Å². The zero-order valence-corrected chi connectivity index (χ0v) is 15.1. The molecule has 1 saturated heterocycles. The van der Waals surface area contributed by atoms with Crippen molar-refractivity contribution in [2.75, 3.05) is 38.2 Å². The van der Waals surface area contributed by atoms with Gasteiger partial charge in [-0.15, -0.1) is 0 Å². The summed E-state index contributed by atoms with van der Waals surface area (Å²) in [5, 5.41) is 17.5. The number of hydrogen-bond acceptors (Lipinski definition) is 6. The van der Waals surface area contributed by atoms with Crippen LogP contribution in [0.15, 0.2) is 47.6 Å². The van der Waals surface area contributed by atoms with Gasteiger partial charge in [0.05, 0.1) is 37.0 Å². The number of para-hydroxylation sites is 2. The van der Waals surface area contributed by atoms with Gasteiger partial charge in [-0.3, -0.25) is 15.1 Å². The number of nitro groups is 1. The summed E-state index contributed by atoms with van der Waals surface area (Å²) in [5.74, 6) is 0.859. The van der Waals surface area contributed by atoms with Crippen molar-refractivity contribution < 1.29 is 9.66 Å². The molecule has 0 aromatic heterocycles. The highest BCUT2D eigenvalue weighted by Gasteiger charge is 2.18. The normalized spacial score (nSPS) is 14.7. The summed E-state index contributed by atoms with van der Waals surface area (Å²) in [6.07, 6.45) is 1.63. The molecule has 1 aliphatic heterocycles. The molecule has 0 atom stereocenters. The fourth-order valence-corrected chi connectivity index (χ4v) is 3.03. The number of ether oxygens (including phenoxy) is 1. The molecule has 0 unspecified atom stereocenters. The molecule has 1 heterocycles. The predicted octanol–water partition coefficient (Wildman–Crippen LogP) is 3.41. The van der Waals surface area contributed by atoms with Gasteiger partial charge in [-0.05, 0) is 18.2 Å². The second-order valence-electron chi connectivity index (χ2n) is 5.83. The SMILES string of the molecule is COc1ccccc1N1CCN(N=Cc2ccc(Cl)c([N+](=O)[O-])c2)CC1. The second kappa shape index (κ2) is 8.05. The average molecular weight is 375 g/mol. The van der Waals surface area contributed by atoms with E-state index in [4.69, 9.17) is 16.3 Å². The van der Waals surface area contributed by atoms with Gasteiger partial charge in [0.15, 0.2) is 0 Å². The van der Waals surface area contributed by atoms with E-state index >= 15 is 0 Å². The molecule has 0 amide bonds. The van der Waals surface area contributed by atoms with E-state index in [0.717, 1.165) is 37.6 Å². The molecule has 1 fully saturated rings. The molecule has 136 valence electrons. The molecular weight excluding hydrogens is 356 g/mol. The van der Waals surface area contributed by atoms with Crippen LogP contribution in [-0.2, 0) is 0 Å². The van der Waals surface area contributed by atoms with Crippen LogP contribution in [0.5, 0.6) is 5.75 Å². The van der Waals surface area contributed by atoms with E-state index in [-0.39, 0.29) is 10.7 Å². The Morgan fingerprint density at radius 1 is 1.19 bits per heavy atom. The van der Waals surface area contributed by atoms with Gasteiger partial charge in [-0.25, -0.2) is 0 Å². The third-order valence-electron chi connectivity index (χ3n) is 4.22. The number of rotatable bonds is 5. The number of nitrogens with zero attached hydrogens (tertiary/aromatic N) is 4. The summed E-state index contributed by atoms with van der Waals surface area (Å²) in [6, 6.07) is 12.6. The Labute approximate surface area is 156 Å². The maximum absolute atomic E-state index is 11.0. The molecule has 7 nitrogen and oxygen atoms in total. The number of piperazine rings is 1. The molecule has 0 spiro atoms. The van der Waals surface area contributed by atoms with Gasteiger partial charge in [-0.2, -0.15) is 5.10 Å². The second-order valence-corrected chi connectivity index (χ2v) is 6.23. The Hall–Kier alpha value is -2.80. The quantitative estimate of drug-likeness (QED) is 0.455. The predicted molar refractivity (Wildman–Crippen MR) is 102 cm³/mol. The molecule has 3 rings (SSSR count). The van der Waals surface area contributed by atoms with E-state index in [1.807, 2.05) is 29.3 Å². The minimum atomic E-state index is -0.494. The zero-order valence-electron chi connectivity index (χ0n) is 14.3. The lowest BCUT2D eigenvalue weighted by molar-refractivity contribution is -0.384. The van der Waals surface area contributed by atoms with Crippen molar-refractivity contribution in [3.05, 3.63) is 63.2 Å². The van der Waals surface area contributed by atoms with Gasteiger partial charge in [0.1, 0.15) is 10.8 Å². The van der Waals surface area contributed by atoms with E-state index < -0.39 is 4.92 Å². The van der Waals surface area contributed by atoms with E-state index in [2.05, 4.69) is 10.0 Å². The van der Waals surface area contributed by atoms with Crippen molar-refractivity contribution in [3.63, 3.8) is 0 Å². The molecule has 0 aliphatic carbocycles. The Morgan fingerprint density at radius 3 is 2.62 bits per heavy atom. The van der Waals surface area contributed by atoms with E-state index in [0.29, 0.717) is 5.56 Å². The Kier molecular flexibility index (Phi) is 5.58. The van der Waals surface area contributed by atoms with Gasteiger partial charge in [0.25, 0.3) is 5.69 Å². The Morgan fingerprint density at radius 2 is 1.92 bits per heavy atom. The largest absolute Gasteiger partial charge is 0.495 e. The number of halogens is 1. The monoisotopic (exact) mass is 374 g/mol. The van der Waals surface area contributed by atoms with Crippen LogP contribution in [0.1, 0.15) is 5.56 Å². The maximum Gasteiger partial charge on any atom is 0.288 e. The number of anilines is 1. The summed E-state index contributed by atoms with van der Waals surface area (Å²) < 4.78 is 5.42. The summed E-state index contributed by atoms with van der Waals surface area (Å²) in [4.78, 5) is 12.7. The van der Waals surface area contributed by atoms with Crippen LogP contribution in [0.3, 0.4) is 0 Å². The molecule has 1 aliphatic rings. The van der Waals surface area contributed by atoms with E-state index in [1.165, 1.54) is 12.1 Å². The van der Waals surface area contributed by atoms with Crippen LogP contribution >= 0.6 is 11.6 Å². The van der Waals surface area contributed by atoms with E-state index in [9.17, 15) is 10.1 Å². The molecule has 2 aromatic carbocycles. The van der Waals surface area contributed by atoms with Gasteiger partial charge in [0.2, 0.25) is 0 Å². The molecule has 26 heavy (non-hydrogen) atoms. The smallest absolute Gasteiger partial charge is 0.288 e. The fraction of sp³-hybridized carbons (Fsp3) is 0.278. The molecule has 0 saturated carbocycles. The van der Waals surface area contributed by atoms with Crippen LogP contribution in [0.2, 0.25) is 5.02 Å². The van der Waals surface area contributed by atoms with Crippen LogP contribution < -0.4 is 9.64 Å². The summed E-state index contributed by atoms with van der Waals surface area (Å²) >= 11 is 5.83. The molecule has 0 bridgehead atoms. The number of benzene rings is 2. The fourth-order valence-electron chi connectivity index (χ4n) is 2.84. The highest BCUT2D eigenvalue weighted by Crippen LogP contribution is 2.28. The van der Waals surface area contributed by atoms with Crippen molar-refractivity contribution in [3.8, 4) is 5.75 Å². The van der Waals surface area contributed by atoms with Crippen molar-refractivity contribution in [2.24, 2.45) is 5.10 Å². The Balaban J connectivity index is 1.63. The first-order chi connectivity index (χ1) is 12.6. The summed E-state index contributed by atoms with van der Waals surface area (Å²) in [7, 11) is 1.67. The molecular formula is C18H19ClN4O3. The highest BCUT2D eigenvalue weighted by atomic mass is 35.5. The molecule has 2 aromatic rings. The van der Waals surface area contributed by atoms with Gasteiger partial charge in [0, 0.05) is 24.7 Å². The number of methoxy groups -OCH3 is 1. The first kappa shape index (κ1) is 18.0. The summed E-state index contributed by atoms with van der Waals surface area (Å²) in [5.41, 5.74) is 1.61. The molecule has 0 radical (unpaired) electrons. The van der Waals surface area contributed by atoms with Crippen molar-refractivity contribution in [1.82, 2.24) is 5.01 Å². The van der Waals surface area contributed by atoms with Crippen molar-refractivity contribution in [1.29, 1.82) is 0 Å². The first-order valence-electron chi connectivity index (χ1n) is 8.19. The third kappa shape index (κ3) is 4.05. The van der Waals surface area contributed by atoms with Crippen LogP contribution in [-0.4, -0.2) is 49.4 Å². The highest BCUT2D eigenvalue weighted by molar-refractivity contribution is 6.32. The topological polar surface area (TPSA) is 71.2 Å². The van der Waals surface area contributed by atoms with Crippen LogP contribution in [0, 0.1) is 10.1 Å². The zero-order chi connectivity index (χ0) is 18.5. The minimum absolute atomic E-state index is 0.114. The van der Waals surface area contributed by atoms with Crippen LogP contribution in [0.4, 0.5) is 11.4 Å². The average Bonchev–Trinajstić information content (AvgIpc) is 2.67. The lowest BCUT2D eigenvalue weighted by Crippen LogP contribution is -2.44. The number of hydrogen-bond donors (Lipinski definition) is 0. The molecule has 0 N–H and O–H groups in total. The first-order valence-corrected chi connectivity index (χ1v) is 8.57. The maximum atomic E-state index is 11.0. The minimum Gasteiger partial charge on any atom is -0.495 e. The van der Waals surface area contributed by atoms with Crippen LogP contribution in [0.25, 0.3) is 0 Å². The van der Waals surface area contributed by atoms with Gasteiger partial charge < -0.3 is 9.64 Å². The van der Waals surface area contributed by atoms with Gasteiger partial charge in [-0.1, -0.05) is 29.8 Å². The van der Waals surface area contributed by atoms with Crippen molar-refractivity contribution in [2.45, 2.75) is 0 Å². The summed E-state index contributed by atoms with van der Waals surface area (Å²) in [6.45, 7) is 3.14. The van der Waals surface area contributed by atoms with Crippen molar-refractivity contribution >= 4 is 29.2 Å². The van der Waals surface area contributed by atoms with E-state index in [1.54, 1.807) is 19.4 Å². The standard InChI is InChI=1S/C18H19ClN4O3/c1-26-18-5-3-2-4-16(18)21-8-10-22(11-9-21)20-13-14-6-7-15(19)17(12-14)23(24)25/h2-7,12-13H,8-11H2,1H3. The molecule has 8 heteroatoms. The Bertz CT molecular complexity index is 820.